The fourth-order valence-corrected chi connectivity index (χ4v) is 2.28. The topological polar surface area (TPSA) is 28.7 Å². The second-order valence-electron chi connectivity index (χ2n) is 4.23. The molecule has 3 rings (SSSR count). The second-order valence-corrected chi connectivity index (χ2v) is 5.09. The van der Waals surface area contributed by atoms with Crippen LogP contribution in [0.1, 0.15) is 5.56 Å². The Bertz CT molecular complexity index is 734. The standard InChI is InChI=1S/C14H10BrFN2/c1-8-2-5-12-13(6-8)18-14(17-12)9-3-4-11(16)10(15)7-9/h2-7H,1H3,(H,17,18). The molecule has 2 nitrogen and oxygen atoms in total. The molecule has 1 heterocycles. The Labute approximate surface area is 112 Å². The predicted molar refractivity (Wildman–Crippen MR) is 73.9 cm³/mol. The summed E-state index contributed by atoms with van der Waals surface area (Å²) < 4.78 is 13.6. The van der Waals surface area contributed by atoms with E-state index < -0.39 is 0 Å². The maximum Gasteiger partial charge on any atom is 0.138 e. The van der Waals surface area contributed by atoms with Crippen LogP contribution in [0.15, 0.2) is 40.9 Å². The molecule has 4 heteroatoms. The minimum atomic E-state index is -0.272. The highest BCUT2D eigenvalue weighted by Gasteiger charge is 2.07. The van der Waals surface area contributed by atoms with E-state index in [1.165, 1.54) is 11.6 Å². The molecular formula is C14H10BrFN2. The van der Waals surface area contributed by atoms with E-state index in [1.807, 2.05) is 25.1 Å². The lowest BCUT2D eigenvalue weighted by Crippen LogP contribution is -1.83. The highest BCUT2D eigenvalue weighted by Crippen LogP contribution is 2.25. The zero-order chi connectivity index (χ0) is 12.7. The van der Waals surface area contributed by atoms with Crippen molar-refractivity contribution < 1.29 is 4.39 Å². The first-order chi connectivity index (χ1) is 8.63. The first-order valence-electron chi connectivity index (χ1n) is 5.55. The van der Waals surface area contributed by atoms with Gasteiger partial charge in [0.2, 0.25) is 0 Å². The van der Waals surface area contributed by atoms with E-state index in [4.69, 9.17) is 0 Å². The average molecular weight is 305 g/mol. The molecule has 0 radical (unpaired) electrons. The number of aryl methyl sites for hydroxylation is 1. The molecule has 90 valence electrons. The van der Waals surface area contributed by atoms with Gasteiger partial charge in [0.1, 0.15) is 11.6 Å². The fraction of sp³-hybridized carbons (Fsp3) is 0.0714. The van der Waals surface area contributed by atoms with Crippen LogP contribution in [0.3, 0.4) is 0 Å². The summed E-state index contributed by atoms with van der Waals surface area (Å²) in [6, 6.07) is 10.9. The van der Waals surface area contributed by atoms with Gasteiger partial charge in [-0.2, -0.15) is 0 Å². The Hall–Kier alpha value is -1.68. The van der Waals surface area contributed by atoms with Crippen molar-refractivity contribution in [3.05, 3.63) is 52.3 Å². The molecule has 0 amide bonds. The minimum absolute atomic E-state index is 0.272. The third-order valence-corrected chi connectivity index (χ3v) is 3.44. The van der Waals surface area contributed by atoms with Gasteiger partial charge in [0, 0.05) is 5.56 Å². The fourth-order valence-electron chi connectivity index (χ4n) is 1.90. The maximum absolute atomic E-state index is 13.2. The number of nitrogens with zero attached hydrogens (tertiary/aromatic N) is 1. The summed E-state index contributed by atoms with van der Waals surface area (Å²) in [7, 11) is 0. The molecule has 1 aromatic heterocycles. The van der Waals surface area contributed by atoms with Crippen LogP contribution in [0.2, 0.25) is 0 Å². The molecule has 3 aromatic rings. The Kier molecular flexibility index (Phi) is 2.67. The maximum atomic E-state index is 13.2. The van der Waals surface area contributed by atoms with Crippen molar-refractivity contribution in [2.75, 3.05) is 0 Å². The third kappa shape index (κ3) is 1.93. The van der Waals surface area contributed by atoms with Crippen LogP contribution >= 0.6 is 15.9 Å². The molecule has 0 spiro atoms. The second kappa shape index (κ2) is 4.21. The first-order valence-corrected chi connectivity index (χ1v) is 6.34. The van der Waals surface area contributed by atoms with Crippen molar-refractivity contribution >= 4 is 27.0 Å². The number of hydrogen-bond acceptors (Lipinski definition) is 1. The van der Waals surface area contributed by atoms with Gasteiger partial charge in [-0.05, 0) is 58.7 Å². The van der Waals surface area contributed by atoms with E-state index in [0.29, 0.717) is 4.47 Å². The smallest absolute Gasteiger partial charge is 0.138 e. The van der Waals surface area contributed by atoms with Crippen LogP contribution in [0, 0.1) is 12.7 Å². The van der Waals surface area contributed by atoms with E-state index in [9.17, 15) is 4.39 Å². The molecule has 0 saturated heterocycles. The summed E-state index contributed by atoms with van der Waals surface area (Å²) >= 11 is 3.18. The lowest BCUT2D eigenvalue weighted by Gasteiger charge is -1.98. The van der Waals surface area contributed by atoms with E-state index in [2.05, 4.69) is 25.9 Å². The number of aromatic nitrogens is 2. The molecule has 1 N–H and O–H groups in total. The van der Waals surface area contributed by atoms with Crippen molar-refractivity contribution in [1.29, 1.82) is 0 Å². The Morgan fingerprint density at radius 1 is 1.17 bits per heavy atom. The van der Waals surface area contributed by atoms with E-state index in [0.717, 1.165) is 22.4 Å². The normalized spacial score (nSPS) is 11.1. The van der Waals surface area contributed by atoms with Gasteiger partial charge in [0.25, 0.3) is 0 Å². The summed E-state index contributed by atoms with van der Waals surface area (Å²) in [6.07, 6.45) is 0. The number of halogens is 2. The van der Waals surface area contributed by atoms with Gasteiger partial charge in [-0.3, -0.25) is 0 Å². The van der Waals surface area contributed by atoms with Crippen LogP contribution in [0.25, 0.3) is 22.4 Å². The van der Waals surface area contributed by atoms with Crippen molar-refractivity contribution in [2.24, 2.45) is 0 Å². The van der Waals surface area contributed by atoms with Gasteiger partial charge in [-0.25, -0.2) is 9.37 Å². The molecule has 0 unspecified atom stereocenters. The summed E-state index contributed by atoms with van der Waals surface area (Å²) in [6.45, 7) is 2.04. The Morgan fingerprint density at radius 2 is 2.00 bits per heavy atom. The summed E-state index contributed by atoms with van der Waals surface area (Å²) in [5, 5.41) is 0. The highest BCUT2D eigenvalue weighted by molar-refractivity contribution is 9.10. The van der Waals surface area contributed by atoms with Crippen LogP contribution < -0.4 is 0 Å². The van der Waals surface area contributed by atoms with Crippen LogP contribution in [-0.4, -0.2) is 9.97 Å². The van der Waals surface area contributed by atoms with Gasteiger partial charge >= 0.3 is 0 Å². The number of aromatic amines is 1. The molecule has 0 aliphatic rings. The summed E-state index contributed by atoms with van der Waals surface area (Å²) in [5.41, 5.74) is 3.94. The number of H-pyrrole nitrogens is 1. The lowest BCUT2D eigenvalue weighted by atomic mass is 10.2. The number of benzene rings is 2. The number of rotatable bonds is 1. The largest absolute Gasteiger partial charge is 0.338 e. The Balaban J connectivity index is 2.16. The Morgan fingerprint density at radius 3 is 2.78 bits per heavy atom. The van der Waals surface area contributed by atoms with E-state index in [1.54, 1.807) is 12.1 Å². The predicted octanol–water partition coefficient (Wildman–Crippen LogP) is 4.44. The average Bonchev–Trinajstić information content (AvgIpc) is 2.75. The first kappa shape index (κ1) is 11.4. The summed E-state index contributed by atoms with van der Waals surface area (Å²) in [4.78, 5) is 7.74. The lowest BCUT2D eigenvalue weighted by molar-refractivity contribution is 0.621. The van der Waals surface area contributed by atoms with Crippen molar-refractivity contribution in [1.82, 2.24) is 9.97 Å². The van der Waals surface area contributed by atoms with Crippen molar-refractivity contribution in [3.8, 4) is 11.4 Å². The van der Waals surface area contributed by atoms with Crippen molar-refractivity contribution in [3.63, 3.8) is 0 Å². The van der Waals surface area contributed by atoms with E-state index in [-0.39, 0.29) is 5.82 Å². The molecule has 0 fully saturated rings. The number of hydrogen-bond donors (Lipinski definition) is 1. The van der Waals surface area contributed by atoms with Gasteiger partial charge in [0.15, 0.2) is 0 Å². The summed E-state index contributed by atoms with van der Waals surface area (Å²) in [5.74, 6) is 0.474. The number of imidazole rings is 1. The molecule has 0 bridgehead atoms. The zero-order valence-electron chi connectivity index (χ0n) is 9.67. The van der Waals surface area contributed by atoms with Gasteiger partial charge in [-0.1, -0.05) is 6.07 Å². The number of fused-ring (bicyclic) bond motifs is 1. The van der Waals surface area contributed by atoms with Crippen molar-refractivity contribution in [2.45, 2.75) is 6.92 Å². The molecular weight excluding hydrogens is 295 g/mol. The van der Waals surface area contributed by atoms with Gasteiger partial charge in [-0.15, -0.1) is 0 Å². The number of nitrogens with one attached hydrogen (secondary N) is 1. The molecule has 0 atom stereocenters. The quantitative estimate of drug-likeness (QED) is 0.707. The minimum Gasteiger partial charge on any atom is -0.338 e. The molecule has 0 aliphatic heterocycles. The zero-order valence-corrected chi connectivity index (χ0v) is 11.3. The molecule has 0 saturated carbocycles. The molecule has 2 aromatic carbocycles. The third-order valence-electron chi connectivity index (χ3n) is 2.83. The molecule has 0 aliphatic carbocycles. The van der Waals surface area contributed by atoms with Crippen LogP contribution in [0.4, 0.5) is 4.39 Å². The van der Waals surface area contributed by atoms with Crippen LogP contribution in [-0.2, 0) is 0 Å². The SMILES string of the molecule is Cc1ccc2nc(-c3ccc(F)c(Br)c3)[nH]c2c1. The molecule has 18 heavy (non-hydrogen) atoms. The van der Waals surface area contributed by atoms with Gasteiger partial charge < -0.3 is 4.98 Å². The highest BCUT2D eigenvalue weighted by atomic mass is 79.9. The van der Waals surface area contributed by atoms with E-state index >= 15 is 0 Å². The monoisotopic (exact) mass is 304 g/mol. The van der Waals surface area contributed by atoms with Crippen LogP contribution in [0.5, 0.6) is 0 Å². The van der Waals surface area contributed by atoms with Gasteiger partial charge in [0.05, 0.1) is 15.5 Å².